The number of hydrogen-bond donors (Lipinski definition) is 1. The summed E-state index contributed by atoms with van der Waals surface area (Å²) in [4.78, 5) is 0. The van der Waals surface area contributed by atoms with Crippen LogP contribution >= 0.6 is 0 Å². The van der Waals surface area contributed by atoms with Crippen LogP contribution in [0.2, 0.25) is 0 Å². The molecular formula is C12H27N. The van der Waals surface area contributed by atoms with Crippen molar-refractivity contribution in [2.24, 2.45) is 11.3 Å². The van der Waals surface area contributed by atoms with E-state index in [1.807, 2.05) is 0 Å². The lowest BCUT2D eigenvalue weighted by Crippen LogP contribution is -2.43. The summed E-state index contributed by atoms with van der Waals surface area (Å²) in [7, 11) is 2.09. The molecule has 0 saturated carbocycles. The van der Waals surface area contributed by atoms with E-state index in [4.69, 9.17) is 0 Å². The zero-order chi connectivity index (χ0) is 10.5. The van der Waals surface area contributed by atoms with E-state index in [0.29, 0.717) is 11.5 Å². The largest absolute Gasteiger partial charge is 0.316 e. The molecule has 0 heterocycles. The zero-order valence-electron chi connectivity index (χ0n) is 10.3. The average molecular weight is 185 g/mol. The second kappa shape index (κ2) is 5.64. The summed E-state index contributed by atoms with van der Waals surface area (Å²) in [5.41, 5.74) is 0.380. The van der Waals surface area contributed by atoms with Gasteiger partial charge in [-0.2, -0.15) is 0 Å². The Morgan fingerprint density at radius 2 is 1.69 bits per heavy atom. The third kappa shape index (κ3) is 4.12. The van der Waals surface area contributed by atoms with Gasteiger partial charge in [0.1, 0.15) is 0 Å². The van der Waals surface area contributed by atoms with Crippen LogP contribution in [0.1, 0.15) is 53.9 Å². The molecule has 0 fully saturated rings. The Labute approximate surface area is 84.3 Å². The molecule has 0 spiro atoms. The molecule has 2 atom stereocenters. The van der Waals surface area contributed by atoms with Gasteiger partial charge in [0.25, 0.3) is 0 Å². The molecule has 80 valence electrons. The summed E-state index contributed by atoms with van der Waals surface area (Å²) in [6.45, 7) is 11.6. The van der Waals surface area contributed by atoms with Crippen molar-refractivity contribution in [1.29, 1.82) is 0 Å². The molecule has 0 rings (SSSR count). The first-order valence-electron chi connectivity index (χ1n) is 5.64. The molecule has 1 heteroatoms. The molecule has 0 aromatic carbocycles. The number of nitrogens with one attached hydrogen (secondary N) is 1. The second-order valence-electron chi connectivity index (χ2n) is 5.09. The van der Waals surface area contributed by atoms with Crippen LogP contribution in [0.5, 0.6) is 0 Å². The van der Waals surface area contributed by atoms with E-state index in [1.54, 1.807) is 0 Å². The van der Waals surface area contributed by atoms with Crippen LogP contribution in [0, 0.1) is 11.3 Å². The molecular weight excluding hydrogens is 158 g/mol. The Bertz CT molecular complexity index is 124. The van der Waals surface area contributed by atoms with Gasteiger partial charge in [-0.1, -0.05) is 47.5 Å². The van der Waals surface area contributed by atoms with Gasteiger partial charge in [-0.05, 0) is 24.8 Å². The summed E-state index contributed by atoms with van der Waals surface area (Å²) in [6, 6.07) is 0.650. The molecule has 1 nitrogen and oxygen atoms in total. The third-order valence-corrected chi connectivity index (χ3v) is 2.90. The average Bonchev–Trinajstić information content (AvgIpc) is 2.01. The first kappa shape index (κ1) is 13.0. The van der Waals surface area contributed by atoms with E-state index < -0.39 is 0 Å². The predicted octanol–water partition coefficient (Wildman–Crippen LogP) is 3.45. The fourth-order valence-corrected chi connectivity index (χ4v) is 2.35. The smallest absolute Gasteiger partial charge is 0.0141 e. The van der Waals surface area contributed by atoms with Gasteiger partial charge in [-0.15, -0.1) is 0 Å². The van der Waals surface area contributed by atoms with Crippen molar-refractivity contribution in [2.45, 2.75) is 59.9 Å². The molecule has 1 unspecified atom stereocenters. The SMILES string of the molecule is CCCC(CC)[C@H](NC)C(C)(C)C. The van der Waals surface area contributed by atoms with Crippen molar-refractivity contribution in [1.82, 2.24) is 5.32 Å². The third-order valence-electron chi connectivity index (χ3n) is 2.90. The van der Waals surface area contributed by atoms with Gasteiger partial charge in [0.2, 0.25) is 0 Å². The molecule has 0 aliphatic heterocycles. The van der Waals surface area contributed by atoms with Crippen molar-refractivity contribution in [3.8, 4) is 0 Å². The maximum absolute atomic E-state index is 3.48. The minimum absolute atomic E-state index is 0.380. The van der Waals surface area contributed by atoms with Gasteiger partial charge in [0.05, 0.1) is 0 Å². The first-order valence-corrected chi connectivity index (χ1v) is 5.64. The van der Waals surface area contributed by atoms with E-state index in [-0.39, 0.29) is 0 Å². The molecule has 0 aliphatic carbocycles. The fourth-order valence-electron chi connectivity index (χ4n) is 2.35. The van der Waals surface area contributed by atoms with Crippen LogP contribution in [0.25, 0.3) is 0 Å². The van der Waals surface area contributed by atoms with Crippen LogP contribution in [0.4, 0.5) is 0 Å². The minimum atomic E-state index is 0.380. The van der Waals surface area contributed by atoms with Crippen LogP contribution < -0.4 is 5.32 Å². The van der Waals surface area contributed by atoms with Crippen LogP contribution in [-0.4, -0.2) is 13.1 Å². The number of rotatable bonds is 5. The van der Waals surface area contributed by atoms with Crippen molar-refractivity contribution in [2.75, 3.05) is 7.05 Å². The predicted molar refractivity (Wildman–Crippen MR) is 61.0 cm³/mol. The molecule has 0 amide bonds. The molecule has 0 bridgehead atoms. The van der Waals surface area contributed by atoms with E-state index in [2.05, 4.69) is 47.0 Å². The quantitative estimate of drug-likeness (QED) is 0.692. The summed E-state index contributed by atoms with van der Waals surface area (Å²) in [5.74, 6) is 0.829. The van der Waals surface area contributed by atoms with Crippen molar-refractivity contribution in [3.63, 3.8) is 0 Å². The normalized spacial score (nSPS) is 17.1. The van der Waals surface area contributed by atoms with Gasteiger partial charge in [-0.25, -0.2) is 0 Å². The van der Waals surface area contributed by atoms with E-state index in [1.165, 1.54) is 19.3 Å². The monoisotopic (exact) mass is 185 g/mol. The van der Waals surface area contributed by atoms with Gasteiger partial charge >= 0.3 is 0 Å². The Morgan fingerprint density at radius 1 is 1.15 bits per heavy atom. The van der Waals surface area contributed by atoms with Crippen molar-refractivity contribution in [3.05, 3.63) is 0 Å². The molecule has 0 radical (unpaired) electrons. The molecule has 0 saturated heterocycles. The van der Waals surface area contributed by atoms with Crippen LogP contribution in [0.3, 0.4) is 0 Å². The highest BCUT2D eigenvalue weighted by Gasteiger charge is 2.28. The highest BCUT2D eigenvalue weighted by molar-refractivity contribution is 4.84. The lowest BCUT2D eigenvalue weighted by Gasteiger charge is -2.36. The Hall–Kier alpha value is -0.0400. The minimum Gasteiger partial charge on any atom is -0.316 e. The summed E-state index contributed by atoms with van der Waals surface area (Å²) in [6.07, 6.45) is 3.93. The first-order chi connectivity index (χ1) is 5.97. The molecule has 1 N–H and O–H groups in total. The van der Waals surface area contributed by atoms with Crippen LogP contribution in [-0.2, 0) is 0 Å². The molecule has 0 aromatic heterocycles. The molecule has 13 heavy (non-hydrogen) atoms. The topological polar surface area (TPSA) is 12.0 Å². The van der Waals surface area contributed by atoms with Gasteiger partial charge in [-0.3, -0.25) is 0 Å². The Morgan fingerprint density at radius 3 is 1.92 bits per heavy atom. The summed E-state index contributed by atoms with van der Waals surface area (Å²) < 4.78 is 0. The lowest BCUT2D eigenvalue weighted by atomic mass is 9.76. The van der Waals surface area contributed by atoms with E-state index in [9.17, 15) is 0 Å². The van der Waals surface area contributed by atoms with Crippen molar-refractivity contribution >= 4 is 0 Å². The maximum Gasteiger partial charge on any atom is 0.0141 e. The van der Waals surface area contributed by atoms with Crippen molar-refractivity contribution < 1.29 is 0 Å². The number of hydrogen-bond acceptors (Lipinski definition) is 1. The summed E-state index contributed by atoms with van der Waals surface area (Å²) >= 11 is 0. The zero-order valence-corrected chi connectivity index (χ0v) is 10.3. The second-order valence-corrected chi connectivity index (χ2v) is 5.09. The van der Waals surface area contributed by atoms with E-state index in [0.717, 1.165) is 5.92 Å². The maximum atomic E-state index is 3.48. The van der Waals surface area contributed by atoms with Gasteiger partial charge in [0.15, 0.2) is 0 Å². The Balaban J connectivity index is 4.34. The molecule has 0 aliphatic rings. The van der Waals surface area contributed by atoms with Gasteiger partial charge in [0, 0.05) is 6.04 Å². The van der Waals surface area contributed by atoms with Crippen LogP contribution in [0.15, 0.2) is 0 Å². The van der Waals surface area contributed by atoms with Gasteiger partial charge < -0.3 is 5.32 Å². The molecule has 0 aromatic rings. The fraction of sp³-hybridized carbons (Fsp3) is 1.00. The highest BCUT2D eigenvalue weighted by atomic mass is 14.9. The van der Waals surface area contributed by atoms with E-state index >= 15 is 0 Å². The summed E-state index contributed by atoms with van der Waals surface area (Å²) in [5, 5.41) is 3.48. The standard InChI is InChI=1S/C12H27N/c1-7-9-10(8-2)11(13-6)12(3,4)5/h10-11,13H,7-9H2,1-6H3/t10?,11-/m0/s1. The highest BCUT2D eigenvalue weighted by Crippen LogP contribution is 2.29. The Kier molecular flexibility index (Phi) is 5.62. The lowest BCUT2D eigenvalue weighted by molar-refractivity contribution is 0.188.